The van der Waals surface area contributed by atoms with E-state index in [9.17, 15) is 22.8 Å². The normalized spacial score (nSPS) is 36.4. The molecule has 30 heavy (non-hydrogen) atoms. The first-order valence-corrected chi connectivity index (χ1v) is 11.0. The first-order valence-electron chi connectivity index (χ1n) is 11.0. The lowest BCUT2D eigenvalue weighted by molar-refractivity contribution is -0.137. The Morgan fingerprint density at radius 1 is 0.900 bits per heavy atom. The minimum atomic E-state index is -4.36. The van der Waals surface area contributed by atoms with Crippen molar-refractivity contribution >= 4 is 11.8 Å². The molecule has 5 aliphatic rings. The monoisotopic (exact) mass is 420 g/mol. The smallest absolute Gasteiger partial charge is 0.273 e. The van der Waals surface area contributed by atoms with Gasteiger partial charge in [-0.15, -0.1) is 0 Å². The molecule has 5 fully saturated rings. The number of nitrogens with one attached hydrogen (secondary N) is 2. The predicted octanol–water partition coefficient (Wildman–Crippen LogP) is 4.56. The van der Waals surface area contributed by atoms with Crippen LogP contribution < -0.4 is 10.9 Å². The Bertz CT molecular complexity index is 814. The first kappa shape index (κ1) is 19.9. The average Bonchev–Trinajstić information content (AvgIpc) is 3.45. The first-order chi connectivity index (χ1) is 14.2. The molecular weight excluding hydrogens is 393 g/mol. The molecule has 0 aliphatic heterocycles. The number of amides is 2. The molecule has 4 nitrogen and oxygen atoms in total. The molecule has 0 radical (unpaired) electrons. The van der Waals surface area contributed by atoms with Gasteiger partial charge in [-0.2, -0.15) is 13.2 Å². The second-order valence-corrected chi connectivity index (χ2v) is 10.2. The van der Waals surface area contributed by atoms with Gasteiger partial charge >= 0.3 is 6.18 Å². The number of benzene rings is 1. The van der Waals surface area contributed by atoms with Gasteiger partial charge in [0.2, 0.25) is 11.8 Å². The number of rotatable bonds is 4. The van der Waals surface area contributed by atoms with Gasteiger partial charge < -0.3 is 0 Å². The summed E-state index contributed by atoms with van der Waals surface area (Å²) in [4.78, 5) is 24.9. The minimum absolute atomic E-state index is 0.0904. The van der Waals surface area contributed by atoms with Crippen LogP contribution in [0.4, 0.5) is 13.2 Å². The topological polar surface area (TPSA) is 58.2 Å². The van der Waals surface area contributed by atoms with Crippen molar-refractivity contribution in [2.45, 2.75) is 63.5 Å². The lowest BCUT2D eigenvalue weighted by atomic mass is 9.49. The van der Waals surface area contributed by atoms with Gasteiger partial charge in [-0.25, -0.2) is 0 Å². The summed E-state index contributed by atoms with van der Waals surface area (Å²) >= 11 is 0. The highest BCUT2D eigenvalue weighted by Gasteiger charge is 2.51. The summed E-state index contributed by atoms with van der Waals surface area (Å²) in [6.45, 7) is 0. The summed E-state index contributed by atoms with van der Waals surface area (Å²) in [5, 5.41) is 0. The van der Waals surface area contributed by atoms with Crippen molar-refractivity contribution in [1.82, 2.24) is 10.9 Å². The van der Waals surface area contributed by atoms with E-state index in [1.165, 1.54) is 31.4 Å². The van der Waals surface area contributed by atoms with Crippen molar-refractivity contribution < 1.29 is 22.8 Å². The second-order valence-electron chi connectivity index (χ2n) is 10.2. The van der Waals surface area contributed by atoms with E-state index in [1.807, 2.05) is 0 Å². The van der Waals surface area contributed by atoms with Crippen molar-refractivity contribution in [3.05, 3.63) is 35.4 Å². The van der Waals surface area contributed by atoms with Gasteiger partial charge in [0.15, 0.2) is 0 Å². The third kappa shape index (κ3) is 3.83. The van der Waals surface area contributed by atoms with Crippen LogP contribution >= 0.6 is 0 Å². The summed E-state index contributed by atoms with van der Waals surface area (Å²) in [5.41, 5.74) is 5.29. The predicted molar refractivity (Wildman–Crippen MR) is 104 cm³/mol. The lowest BCUT2D eigenvalue weighted by Crippen LogP contribution is -2.50. The quantitative estimate of drug-likeness (QED) is 0.702. The Labute approximate surface area is 174 Å². The molecule has 6 rings (SSSR count). The fourth-order valence-corrected chi connectivity index (χ4v) is 6.89. The van der Waals surface area contributed by atoms with Crippen LogP contribution in [-0.4, -0.2) is 11.8 Å². The fourth-order valence-electron chi connectivity index (χ4n) is 6.89. The molecule has 7 heteroatoms. The standard InChI is InChI=1S/C23H27F3N2O2/c24-23(25,26)17-3-1-16(2-4-17)18-8-19(18)21(30)28-27-20(29)12-22-9-13-5-14(10-22)7-15(6-13)11-22/h1-4,13-15,18-19H,5-12H2,(H,27,29)(H,28,30). The number of halogens is 3. The molecule has 1 aromatic rings. The van der Waals surface area contributed by atoms with Gasteiger partial charge in [-0.3, -0.25) is 20.4 Å². The second kappa shape index (κ2) is 6.99. The number of alkyl halides is 3. The molecule has 4 bridgehead atoms. The molecule has 0 aromatic heterocycles. The summed E-state index contributed by atoms with van der Waals surface area (Å²) in [7, 11) is 0. The van der Waals surface area contributed by atoms with Gasteiger partial charge in [-0.1, -0.05) is 12.1 Å². The van der Waals surface area contributed by atoms with Gasteiger partial charge in [0.1, 0.15) is 0 Å². The maximum atomic E-state index is 12.7. The summed E-state index contributed by atoms with van der Waals surface area (Å²) < 4.78 is 38.0. The van der Waals surface area contributed by atoms with Crippen LogP contribution in [0.2, 0.25) is 0 Å². The van der Waals surface area contributed by atoms with E-state index in [0.29, 0.717) is 12.8 Å². The van der Waals surface area contributed by atoms with Crippen molar-refractivity contribution in [3.8, 4) is 0 Å². The van der Waals surface area contributed by atoms with Crippen molar-refractivity contribution in [3.63, 3.8) is 0 Å². The van der Waals surface area contributed by atoms with E-state index in [2.05, 4.69) is 10.9 Å². The van der Waals surface area contributed by atoms with Crippen LogP contribution in [0.3, 0.4) is 0 Å². The average molecular weight is 420 g/mol. The van der Waals surface area contributed by atoms with E-state index in [4.69, 9.17) is 0 Å². The van der Waals surface area contributed by atoms with E-state index in [0.717, 1.165) is 54.7 Å². The van der Waals surface area contributed by atoms with Gasteiger partial charge in [0.05, 0.1) is 5.56 Å². The Hall–Kier alpha value is -2.05. The van der Waals surface area contributed by atoms with Crippen molar-refractivity contribution in [2.24, 2.45) is 29.1 Å². The number of hydrazine groups is 1. The zero-order valence-electron chi connectivity index (χ0n) is 16.8. The number of carbonyl (C=O) groups is 2. The third-order valence-corrected chi connectivity index (χ3v) is 7.82. The van der Waals surface area contributed by atoms with Crippen molar-refractivity contribution in [2.75, 3.05) is 0 Å². The lowest BCUT2D eigenvalue weighted by Gasteiger charge is -2.56. The van der Waals surface area contributed by atoms with E-state index in [-0.39, 0.29) is 29.1 Å². The molecule has 0 saturated heterocycles. The highest BCUT2D eigenvalue weighted by molar-refractivity contribution is 5.86. The molecule has 5 saturated carbocycles. The number of hydrogen-bond acceptors (Lipinski definition) is 2. The highest BCUT2D eigenvalue weighted by Crippen LogP contribution is 2.61. The van der Waals surface area contributed by atoms with E-state index < -0.39 is 11.7 Å². The van der Waals surface area contributed by atoms with Gasteiger partial charge in [-0.05, 0) is 91.7 Å². The largest absolute Gasteiger partial charge is 0.416 e. The van der Waals surface area contributed by atoms with Crippen LogP contribution in [-0.2, 0) is 15.8 Å². The molecule has 162 valence electrons. The fraction of sp³-hybridized carbons (Fsp3) is 0.652. The van der Waals surface area contributed by atoms with Gasteiger partial charge in [0.25, 0.3) is 0 Å². The summed E-state index contributed by atoms with van der Waals surface area (Å²) in [6.07, 6.45) is 4.09. The Kier molecular flexibility index (Phi) is 4.63. The van der Waals surface area contributed by atoms with Crippen molar-refractivity contribution in [1.29, 1.82) is 0 Å². The van der Waals surface area contributed by atoms with E-state index >= 15 is 0 Å². The van der Waals surface area contributed by atoms with Gasteiger partial charge in [0, 0.05) is 12.3 Å². The zero-order chi connectivity index (χ0) is 21.1. The highest BCUT2D eigenvalue weighted by atomic mass is 19.4. The zero-order valence-corrected chi connectivity index (χ0v) is 16.8. The molecule has 2 N–H and O–H groups in total. The van der Waals surface area contributed by atoms with Crippen LogP contribution in [0.25, 0.3) is 0 Å². The molecule has 0 heterocycles. The third-order valence-electron chi connectivity index (χ3n) is 7.82. The molecular formula is C23H27F3N2O2. The minimum Gasteiger partial charge on any atom is -0.273 e. The van der Waals surface area contributed by atoms with Crippen LogP contribution in [0.5, 0.6) is 0 Å². The molecule has 2 amide bonds. The maximum absolute atomic E-state index is 12.7. The van der Waals surface area contributed by atoms with E-state index in [1.54, 1.807) is 0 Å². The Morgan fingerprint density at radius 3 is 2.00 bits per heavy atom. The Morgan fingerprint density at radius 2 is 1.47 bits per heavy atom. The van der Waals surface area contributed by atoms with Crippen LogP contribution in [0, 0.1) is 29.1 Å². The molecule has 2 unspecified atom stereocenters. The molecule has 0 spiro atoms. The Balaban J connectivity index is 1.11. The number of hydrogen-bond donors (Lipinski definition) is 2. The van der Waals surface area contributed by atoms with Crippen LogP contribution in [0.15, 0.2) is 24.3 Å². The molecule has 1 aromatic carbocycles. The maximum Gasteiger partial charge on any atom is 0.416 e. The number of carbonyl (C=O) groups excluding carboxylic acids is 2. The van der Waals surface area contributed by atoms with Crippen LogP contribution in [0.1, 0.15) is 68.4 Å². The SMILES string of the molecule is O=C(CC12CC3CC(CC(C3)C1)C2)NNC(=O)C1CC1c1ccc(C(F)(F)F)cc1. The molecule has 2 atom stereocenters. The summed E-state index contributed by atoms with van der Waals surface area (Å²) in [6, 6.07) is 4.98. The summed E-state index contributed by atoms with van der Waals surface area (Å²) in [5.74, 6) is 1.53. The molecule has 5 aliphatic carbocycles.